The Bertz CT molecular complexity index is 279. The zero-order chi connectivity index (χ0) is 13.3. The van der Waals surface area contributed by atoms with Crippen LogP contribution in [0.4, 0.5) is 0 Å². The smallest absolute Gasteiger partial charge is 0.315 e. The third-order valence-corrected chi connectivity index (χ3v) is 2.14. The fraction of sp³-hybridized carbons (Fsp3) is 0.692. The average Bonchev–Trinajstić information content (AvgIpc) is 2.24. The van der Waals surface area contributed by atoms with Crippen molar-refractivity contribution in [2.75, 3.05) is 13.2 Å². The molecule has 0 unspecified atom stereocenters. The number of rotatable bonds is 7. The van der Waals surface area contributed by atoms with Crippen LogP contribution >= 0.6 is 0 Å². The highest BCUT2D eigenvalue weighted by Crippen LogP contribution is 2.19. The molecule has 0 radical (unpaired) electrons. The van der Waals surface area contributed by atoms with Crippen molar-refractivity contribution < 1.29 is 19.1 Å². The summed E-state index contributed by atoms with van der Waals surface area (Å²) < 4.78 is 9.69. The molecule has 0 N–H and O–H groups in total. The molecule has 0 aromatic heterocycles. The molecule has 0 rings (SSSR count). The monoisotopic (exact) mass is 242 g/mol. The molecule has 0 aromatic carbocycles. The molecule has 4 heteroatoms. The topological polar surface area (TPSA) is 52.6 Å². The van der Waals surface area contributed by atoms with Gasteiger partial charge in [-0.2, -0.15) is 0 Å². The van der Waals surface area contributed by atoms with E-state index >= 15 is 0 Å². The molecule has 17 heavy (non-hydrogen) atoms. The second-order valence-electron chi connectivity index (χ2n) is 4.39. The minimum absolute atomic E-state index is 0.101. The predicted molar refractivity (Wildman–Crippen MR) is 65.4 cm³/mol. The second-order valence-corrected chi connectivity index (χ2v) is 4.39. The molecule has 0 aliphatic carbocycles. The Hall–Kier alpha value is -1.32. The molecule has 0 atom stereocenters. The van der Waals surface area contributed by atoms with Gasteiger partial charge >= 0.3 is 11.9 Å². The van der Waals surface area contributed by atoms with Gasteiger partial charge in [0, 0.05) is 6.92 Å². The number of esters is 2. The van der Waals surface area contributed by atoms with E-state index in [1.807, 2.05) is 12.2 Å². The van der Waals surface area contributed by atoms with Crippen molar-refractivity contribution in [3.05, 3.63) is 12.2 Å². The van der Waals surface area contributed by atoms with Gasteiger partial charge in [0.15, 0.2) is 0 Å². The lowest BCUT2D eigenvalue weighted by atomic mass is 9.93. The van der Waals surface area contributed by atoms with E-state index in [1.165, 1.54) is 6.92 Å². The van der Waals surface area contributed by atoms with E-state index in [0.717, 1.165) is 12.8 Å². The van der Waals surface area contributed by atoms with Crippen LogP contribution in [-0.2, 0) is 19.1 Å². The van der Waals surface area contributed by atoms with Crippen molar-refractivity contribution in [2.45, 2.75) is 40.5 Å². The number of carbonyl (C=O) groups excluding carboxylic acids is 2. The minimum atomic E-state index is -0.634. The van der Waals surface area contributed by atoms with Crippen LogP contribution in [0, 0.1) is 5.41 Å². The average molecular weight is 242 g/mol. The summed E-state index contributed by atoms with van der Waals surface area (Å²) in [6.07, 6.45) is 5.83. The van der Waals surface area contributed by atoms with E-state index in [4.69, 9.17) is 4.74 Å². The molecule has 98 valence electrons. The zero-order valence-corrected chi connectivity index (χ0v) is 11.1. The Balaban J connectivity index is 3.98. The summed E-state index contributed by atoms with van der Waals surface area (Å²) >= 11 is 0. The number of hydrogen-bond acceptors (Lipinski definition) is 4. The number of unbranched alkanes of at least 4 members (excludes halogenated alkanes) is 1. The van der Waals surface area contributed by atoms with Gasteiger partial charge in [0.25, 0.3) is 0 Å². The van der Waals surface area contributed by atoms with Crippen LogP contribution < -0.4 is 0 Å². The highest BCUT2D eigenvalue weighted by atomic mass is 16.6. The largest absolute Gasteiger partial charge is 0.462 e. The summed E-state index contributed by atoms with van der Waals surface area (Å²) in [5.74, 6) is -0.680. The quantitative estimate of drug-likeness (QED) is 0.391. The lowest BCUT2D eigenvalue weighted by Gasteiger charge is -2.18. The van der Waals surface area contributed by atoms with Crippen molar-refractivity contribution in [3.63, 3.8) is 0 Å². The molecular formula is C13H22O4. The van der Waals surface area contributed by atoms with Gasteiger partial charge < -0.3 is 9.47 Å². The number of ether oxygens (including phenoxy) is 2. The molecule has 0 saturated heterocycles. The van der Waals surface area contributed by atoms with Crippen molar-refractivity contribution in [3.8, 4) is 0 Å². The number of carbonyl (C=O) groups is 2. The maximum absolute atomic E-state index is 11.7. The Morgan fingerprint density at radius 2 is 1.76 bits per heavy atom. The first-order valence-corrected chi connectivity index (χ1v) is 5.88. The van der Waals surface area contributed by atoms with Crippen molar-refractivity contribution >= 4 is 11.9 Å². The third-order valence-electron chi connectivity index (χ3n) is 2.14. The molecular weight excluding hydrogens is 220 g/mol. The van der Waals surface area contributed by atoms with Crippen molar-refractivity contribution in [1.82, 2.24) is 0 Å². The van der Waals surface area contributed by atoms with Crippen LogP contribution in [-0.4, -0.2) is 25.2 Å². The third kappa shape index (κ3) is 7.55. The van der Waals surface area contributed by atoms with Gasteiger partial charge in [-0.1, -0.05) is 25.5 Å². The van der Waals surface area contributed by atoms with Gasteiger partial charge in [0.2, 0.25) is 0 Å². The Labute approximate surface area is 103 Å². The SMILES string of the molecule is CCCC=CC(C)(C)C(=O)OCCOC(C)=O. The van der Waals surface area contributed by atoms with Gasteiger partial charge in [0.1, 0.15) is 13.2 Å². The minimum Gasteiger partial charge on any atom is -0.462 e. The summed E-state index contributed by atoms with van der Waals surface area (Å²) in [7, 11) is 0. The van der Waals surface area contributed by atoms with Crippen LogP contribution in [0.15, 0.2) is 12.2 Å². The maximum Gasteiger partial charge on any atom is 0.315 e. The van der Waals surface area contributed by atoms with E-state index in [-0.39, 0.29) is 25.2 Å². The summed E-state index contributed by atoms with van der Waals surface area (Å²) in [6.45, 7) is 7.20. The zero-order valence-electron chi connectivity index (χ0n) is 11.1. The van der Waals surface area contributed by atoms with E-state index in [1.54, 1.807) is 13.8 Å². The molecule has 0 fully saturated rings. The first-order chi connectivity index (χ1) is 7.90. The molecule has 0 heterocycles. The Morgan fingerprint density at radius 1 is 1.18 bits per heavy atom. The van der Waals surface area contributed by atoms with Crippen LogP contribution in [0.1, 0.15) is 40.5 Å². The van der Waals surface area contributed by atoms with E-state index in [2.05, 4.69) is 11.7 Å². The van der Waals surface area contributed by atoms with Gasteiger partial charge in [-0.25, -0.2) is 0 Å². The lowest BCUT2D eigenvalue weighted by Crippen LogP contribution is -2.26. The van der Waals surface area contributed by atoms with Gasteiger partial charge in [0.05, 0.1) is 5.41 Å². The van der Waals surface area contributed by atoms with E-state index in [0.29, 0.717) is 0 Å². The van der Waals surface area contributed by atoms with Crippen molar-refractivity contribution in [2.24, 2.45) is 5.41 Å². The van der Waals surface area contributed by atoms with Crippen molar-refractivity contribution in [1.29, 1.82) is 0 Å². The standard InChI is InChI=1S/C13H22O4/c1-5-6-7-8-13(3,4)12(15)17-10-9-16-11(2)14/h7-8H,5-6,9-10H2,1-4H3. The van der Waals surface area contributed by atoms with E-state index < -0.39 is 5.41 Å². The molecule has 0 aliphatic heterocycles. The van der Waals surface area contributed by atoms with Crippen LogP contribution in [0.5, 0.6) is 0 Å². The molecule has 0 amide bonds. The highest BCUT2D eigenvalue weighted by molar-refractivity contribution is 5.78. The number of allylic oxidation sites excluding steroid dienone is 1. The van der Waals surface area contributed by atoms with Gasteiger partial charge in [-0.05, 0) is 20.3 Å². The van der Waals surface area contributed by atoms with Crippen LogP contribution in [0.2, 0.25) is 0 Å². The number of hydrogen-bond donors (Lipinski definition) is 0. The highest BCUT2D eigenvalue weighted by Gasteiger charge is 2.25. The summed E-state index contributed by atoms with van der Waals surface area (Å²) in [4.78, 5) is 22.2. The predicted octanol–water partition coefficient (Wildman–Crippen LogP) is 2.48. The van der Waals surface area contributed by atoms with Crippen LogP contribution in [0.25, 0.3) is 0 Å². The summed E-state index contributed by atoms with van der Waals surface area (Å²) in [5.41, 5.74) is -0.634. The maximum atomic E-state index is 11.7. The normalized spacial score (nSPS) is 11.5. The first kappa shape index (κ1) is 15.7. The second kappa shape index (κ2) is 7.87. The Kier molecular flexibility index (Phi) is 7.26. The van der Waals surface area contributed by atoms with E-state index in [9.17, 15) is 9.59 Å². The molecule has 0 saturated carbocycles. The molecule has 0 aliphatic rings. The lowest BCUT2D eigenvalue weighted by molar-refractivity contribution is -0.156. The fourth-order valence-corrected chi connectivity index (χ4v) is 1.12. The molecule has 4 nitrogen and oxygen atoms in total. The summed E-state index contributed by atoms with van der Waals surface area (Å²) in [5, 5.41) is 0. The van der Waals surface area contributed by atoms with Gasteiger partial charge in [-0.3, -0.25) is 9.59 Å². The molecule has 0 aromatic rings. The van der Waals surface area contributed by atoms with Gasteiger partial charge in [-0.15, -0.1) is 0 Å². The molecule has 0 spiro atoms. The first-order valence-electron chi connectivity index (χ1n) is 5.88. The van der Waals surface area contributed by atoms with Crippen LogP contribution in [0.3, 0.4) is 0 Å². The Morgan fingerprint density at radius 3 is 2.29 bits per heavy atom. The fourth-order valence-electron chi connectivity index (χ4n) is 1.12. The summed E-state index contributed by atoms with van der Waals surface area (Å²) in [6, 6.07) is 0. The molecule has 0 bridgehead atoms.